The van der Waals surface area contributed by atoms with E-state index in [4.69, 9.17) is 0 Å². The fourth-order valence-electron chi connectivity index (χ4n) is 2.90. The Hall–Kier alpha value is -1.28. The quantitative estimate of drug-likeness (QED) is 0.591. The molecule has 1 aromatic rings. The number of aryl methyl sites for hydroxylation is 1. The summed E-state index contributed by atoms with van der Waals surface area (Å²) in [6.07, 6.45) is 3.69. The maximum atomic E-state index is 4.33. The second-order valence-electron chi connectivity index (χ2n) is 5.69. The molecule has 0 amide bonds. The summed E-state index contributed by atoms with van der Waals surface area (Å²) in [4.78, 5) is 11.1. The van der Waals surface area contributed by atoms with E-state index in [-0.39, 0.29) is 0 Å². The molecule has 1 atom stereocenters. The van der Waals surface area contributed by atoms with Gasteiger partial charge in [0, 0.05) is 57.2 Å². The zero-order chi connectivity index (χ0) is 15.2. The van der Waals surface area contributed by atoms with Gasteiger partial charge in [0.25, 0.3) is 0 Å². The first-order chi connectivity index (χ1) is 10.8. The molecule has 1 aromatic heterocycles. The SMILES string of the molecule is CN=C(NCCN1CCSCC1)NC1CCc2ncnn2C1. The smallest absolute Gasteiger partial charge is 0.191 e. The minimum Gasteiger partial charge on any atom is -0.355 e. The molecule has 0 saturated carbocycles. The lowest BCUT2D eigenvalue weighted by Gasteiger charge is -2.28. The summed E-state index contributed by atoms with van der Waals surface area (Å²) in [6.45, 7) is 5.29. The molecule has 2 N–H and O–H groups in total. The maximum absolute atomic E-state index is 4.33. The Bertz CT molecular complexity index is 495. The standard InChI is InChI=1S/C14H25N7S/c1-15-14(16-4-5-20-6-8-22-9-7-20)19-12-2-3-13-17-11-18-21(13)10-12/h11-12H,2-10H2,1H3,(H2,15,16,19). The van der Waals surface area contributed by atoms with E-state index in [1.165, 1.54) is 24.6 Å². The highest BCUT2D eigenvalue weighted by Crippen LogP contribution is 2.11. The first kappa shape index (κ1) is 15.6. The largest absolute Gasteiger partial charge is 0.355 e. The molecule has 0 aliphatic carbocycles. The van der Waals surface area contributed by atoms with Gasteiger partial charge in [-0.2, -0.15) is 16.9 Å². The minimum atomic E-state index is 0.367. The van der Waals surface area contributed by atoms with Crippen LogP contribution >= 0.6 is 11.8 Å². The van der Waals surface area contributed by atoms with E-state index < -0.39 is 0 Å². The third kappa shape index (κ3) is 4.13. The molecule has 8 heteroatoms. The van der Waals surface area contributed by atoms with E-state index >= 15 is 0 Å². The molecule has 2 aliphatic heterocycles. The lowest BCUT2D eigenvalue weighted by Crippen LogP contribution is -2.49. The van der Waals surface area contributed by atoms with Crippen LogP contribution in [0.15, 0.2) is 11.3 Å². The molecule has 1 unspecified atom stereocenters. The van der Waals surface area contributed by atoms with E-state index in [1.54, 1.807) is 6.33 Å². The number of aliphatic imine (C=N–C) groups is 1. The van der Waals surface area contributed by atoms with Crippen molar-refractivity contribution < 1.29 is 0 Å². The number of thioether (sulfide) groups is 1. The predicted octanol–water partition coefficient (Wildman–Crippen LogP) is -0.193. The number of hydrogen-bond donors (Lipinski definition) is 2. The van der Waals surface area contributed by atoms with E-state index in [2.05, 4.69) is 30.6 Å². The average Bonchev–Trinajstić information content (AvgIpc) is 3.02. The number of nitrogens with one attached hydrogen (secondary N) is 2. The van der Waals surface area contributed by atoms with E-state index in [0.29, 0.717) is 6.04 Å². The molecule has 7 nitrogen and oxygen atoms in total. The van der Waals surface area contributed by atoms with Gasteiger partial charge in [0.2, 0.25) is 0 Å². The highest BCUT2D eigenvalue weighted by atomic mass is 32.2. The second-order valence-corrected chi connectivity index (χ2v) is 6.92. The molecule has 1 fully saturated rings. The highest BCUT2D eigenvalue weighted by molar-refractivity contribution is 7.99. The lowest BCUT2D eigenvalue weighted by molar-refractivity contribution is 0.306. The van der Waals surface area contributed by atoms with Crippen LogP contribution in [0, 0.1) is 0 Å². The number of rotatable bonds is 4. The Morgan fingerprint density at radius 3 is 3.14 bits per heavy atom. The van der Waals surface area contributed by atoms with Crippen LogP contribution in [0.1, 0.15) is 12.2 Å². The molecular formula is C14H25N7S. The van der Waals surface area contributed by atoms with Crippen LogP contribution in [0.5, 0.6) is 0 Å². The Morgan fingerprint density at radius 1 is 1.45 bits per heavy atom. The summed E-state index contributed by atoms with van der Waals surface area (Å²) >= 11 is 2.05. The lowest BCUT2D eigenvalue weighted by atomic mass is 10.1. The van der Waals surface area contributed by atoms with E-state index in [1.807, 2.05) is 23.5 Å². The fourth-order valence-corrected chi connectivity index (χ4v) is 3.88. The number of fused-ring (bicyclic) bond motifs is 1. The van der Waals surface area contributed by atoms with Crippen LogP contribution < -0.4 is 10.6 Å². The Balaban J connectivity index is 1.40. The molecule has 1 saturated heterocycles. The third-order valence-electron chi connectivity index (χ3n) is 4.19. The van der Waals surface area contributed by atoms with Crippen molar-refractivity contribution in [2.45, 2.75) is 25.4 Å². The molecule has 3 rings (SSSR count). The molecule has 0 spiro atoms. The summed E-state index contributed by atoms with van der Waals surface area (Å²) in [5.41, 5.74) is 0. The van der Waals surface area contributed by atoms with Crippen LogP contribution in [0.4, 0.5) is 0 Å². The van der Waals surface area contributed by atoms with Gasteiger partial charge in [-0.3, -0.25) is 9.89 Å². The van der Waals surface area contributed by atoms with Gasteiger partial charge in [-0.1, -0.05) is 0 Å². The normalized spacial score (nSPS) is 23.1. The van der Waals surface area contributed by atoms with Gasteiger partial charge in [0.15, 0.2) is 5.96 Å². The van der Waals surface area contributed by atoms with Gasteiger partial charge >= 0.3 is 0 Å². The van der Waals surface area contributed by atoms with Gasteiger partial charge in [-0.15, -0.1) is 0 Å². The summed E-state index contributed by atoms with van der Waals surface area (Å²) in [7, 11) is 1.83. The molecular weight excluding hydrogens is 298 g/mol. The fraction of sp³-hybridized carbons (Fsp3) is 0.786. The van der Waals surface area contributed by atoms with Crippen molar-refractivity contribution in [3.8, 4) is 0 Å². The van der Waals surface area contributed by atoms with E-state index in [9.17, 15) is 0 Å². The first-order valence-electron chi connectivity index (χ1n) is 7.99. The zero-order valence-corrected chi connectivity index (χ0v) is 14.0. The van der Waals surface area contributed by atoms with Crippen molar-refractivity contribution in [2.24, 2.45) is 4.99 Å². The van der Waals surface area contributed by atoms with Crippen molar-refractivity contribution in [3.05, 3.63) is 12.2 Å². The van der Waals surface area contributed by atoms with Crippen molar-refractivity contribution >= 4 is 17.7 Å². The monoisotopic (exact) mass is 323 g/mol. The van der Waals surface area contributed by atoms with Crippen LogP contribution in [-0.4, -0.2) is 76.4 Å². The van der Waals surface area contributed by atoms with Crippen molar-refractivity contribution in [1.82, 2.24) is 30.3 Å². The average molecular weight is 323 g/mol. The molecule has 0 aromatic carbocycles. The third-order valence-corrected chi connectivity index (χ3v) is 5.14. The van der Waals surface area contributed by atoms with Gasteiger partial charge in [-0.05, 0) is 6.42 Å². The molecule has 2 aliphatic rings. The topological polar surface area (TPSA) is 70.4 Å². The van der Waals surface area contributed by atoms with Gasteiger partial charge < -0.3 is 10.6 Å². The summed E-state index contributed by atoms with van der Waals surface area (Å²) in [5.74, 6) is 4.49. The first-order valence-corrected chi connectivity index (χ1v) is 9.14. The second kappa shape index (κ2) is 7.82. The molecule has 0 bridgehead atoms. The Labute approximate surface area is 136 Å². The summed E-state index contributed by atoms with van der Waals surface area (Å²) in [6, 6.07) is 0.367. The van der Waals surface area contributed by atoms with Crippen LogP contribution in [-0.2, 0) is 13.0 Å². The summed E-state index contributed by atoms with van der Waals surface area (Å²) < 4.78 is 1.99. The van der Waals surface area contributed by atoms with Crippen molar-refractivity contribution in [1.29, 1.82) is 0 Å². The maximum Gasteiger partial charge on any atom is 0.191 e. The summed E-state index contributed by atoms with van der Waals surface area (Å²) in [5, 5.41) is 11.2. The van der Waals surface area contributed by atoms with Crippen molar-refractivity contribution in [3.63, 3.8) is 0 Å². The van der Waals surface area contributed by atoms with Gasteiger partial charge in [0.1, 0.15) is 12.2 Å². The molecule has 3 heterocycles. The van der Waals surface area contributed by atoms with Crippen LogP contribution in [0.2, 0.25) is 0 Å². The minimum absolute atomic E-state index is 0.367. The Kier molecular flexibility index (Phi) is 5.55. The van der Waals surface area contributed by atoms with Crippen LogP contribution in [0.25, 0.3) is 0 Å². The molecule has 22 heavy (non-hydrogen) atoms. The van der Waals surface area contributed by atoms with Gasteiger partial charge in [0.05, 0.1) is 6.54 Å². The Morgan fingerprint density at radius 2 is 2.32 bits per heavy atom. The highest BCUT2D eigenvalue weighted by Gasteiger charge is 2.20. The zero-order valence-electron chi connectivity index (χ0n) is 13.2. The number of hydrogen-bond acceptors (Lipinski definition) is 5. The predicted molar refractivity (Wildman–Crippen MR) is 90.4 cm³/mol. The van der Waals surface area contributed by atoms with E-state index in [0.717, 1.165) is 44.3 Å². The van der Waals surface area contributed by atoms with Gasteiger partial charge in [-0.25, -0.2) is 9.67 Å². The number of aromatic nitrogens is 3. The number of guanidine groups is 1. The molecule has 0 radical (unpaired) electrons. The number of nitrogens with zero attached hydrogens (tertiary/aromatic N) is 5. The molecule has 122 valence electrons. The van der Waals surface area contributed by atoms with Crippen molar-refractivity contribution in [2.75, 3.05) is 44.7 Å². The van der Waals surface area contributed by atoms with Crippen LogP contribution in [0.3, 0.4) is 0 Å².